The molecule has 0 N–H and O–H groups in total. The highest BCUT2D eigenvalue weighted by atomic mass is 14.6. The average Bonchev–Trinajstić information content (AvgIpc) is 3.41. The zero-order chi connectivity index (χ0) is 32.4. The smallest absolute Gasteiger partial charge is 0.0735 e. The number of hydrogen-bond acceptors (Lipinski definition) is 0. The van der Waals surface area contributed by atoms with Crippen molar-refractivity contribution in [3.8, 4) is 22.3 Å². The van der Waals surface area contributed by atoms with Crippen LogP contribution in [0.4, 0.5) is 0 Å². The lowest BCUT2D eigenvalue weighted by Gasteiger charge is -2.39. The summed E-state index contributed by atoms with van der Waals surface area (Å²) < 4.78 is 0. The zero-order valence-electron chi connectivity index (χ0n) is 28.3. The molecule has 10 rings (SSSR count). The molecule has 2 atom stereocenters. The first-order valence-electron chi connectivity index (χ1n) is 17.6. The summed E-state index contributed by atoms with van der Waals surface area (Å²) in [6, 6.07) is 53.1. The van der Waals surface area contributed by atoms with Crippen LogP contribution >= 0.6 is 0 Å². The molecule has 2 aliphatic rings. The van der Waals surface area contributed by atoms with Crippen molar-refractivity contribution in [3.63, 3.8) is 0 Å². The summed E-state index contributed by atoms with van der Waals surface area (Å²) >= 11 is 0. The van der Waals surface area contributed by atoms with Gasteiger partial charge in [-0.2, -0.15) is 0 Å². The van der Waals surface area contributed by atoms with Crippen molar-refractivity contribution in [1.29, 1.82) is 0 Å². The molecule has 2 unspecified atom stereocenters. The summed E-state index contributed by atoms with van der Waals surface area (Å²) in [4.78, 5) is 0. The van der Waals surface area contributed by atoms with Crippen LogP contribution in [0, 0.1) is 5.41 Å². The maximum Gasteiger partial charge on any atom is 0.216 e. The molecule has 0 nitrogen and oxygen atoms in total. The van der Waals surface area contributed by atoms with Gasteiger partial charge in [-0.05, 0) is 99.9 Å². The van der Waals surface area contributed by atoms with Gasteiger partial charge >= 0.3 is 0 Å². The van der Waals surface area contributed by atoms with Gasteiger partial charge in [-0.25, -0.2) is 0 Å². The molecule has 8 aromatic rings. The van der Waals surface area contributed by atoms with Crippen LogP contribution in [0.1, 0.15) is 46.1 Å². The van der Waals surface area contributed by atoms with Crippen molar-refractivity contribution in [2.75, 3.05) is 0 Å². The third-order valence-electron chi connectivity index (χ3n) is 12.7. The molecule has 1 fully saturated rings. The van der Waals surface area contributed by atoms with E-state index >= 15 is 0 Å². The van der Waals surface area contributed by atoms with E-state index in [4.69, 9.17) is 0 Å². The molecule has 0 saturated heterocycles. The molecule has 1 saturated carbocycles. The number of benzene rings is 8. The highest BCUT2D eigenvalue weighted by Gasteiger charge is 2.65. The number of fused-ring (bicyclic) bond motifs is 4. The van der Waals surface area contributed by atoms with Gasteiger partial charge in [0.15, 0.2) is 0 Å². The summed E-state index contributed by atoms with van der Waals surface area (Å²) in [6.45, 7) is 10.5. The summed E-state index contributed by atoms with van der Waals surface area (Å²) in [6.07, 6.45) is 2.45. The molecule has 230 valence electrons. The van der Waals surface area contributed by atoms with E-state index in [1.165, 1.54) is 89.1 Å². The lowest BCUT2D eigenvalue weighted by molar-refractivity contribution is 0.347. The molecular weight excluding hydrogens is 575 g/mol. The van der Waals surface area contributed by atoms with Crippen molar-refractivity contribution < 1.29 is 0 Å². The number of hydrogen-bond donors (Lipinski definition) is 0. The first kappa shape index (κ1) is 28.2. The second-order valence-corrected chi connectivity index (χ2v) is 16.1. The molecule has 1 aliphatic carbocycles. The quantitative estimate of drug-likeness (QED) is 0.137. The van der Waals surface area contributed by atoms with E-state index in [9.17, 15) is 0 Å². The van der Waals surface area contributed by atoms with Gasteiger partial charge in [-0.3, -0.25) is 0 Å². The van der Waals surface area contributed by atoms with Gasteiger partial charge in [-0.1, -0.05) is 178 Å². The Labute approximate surface area is 283 Å². The van der Waals surface area contributed by atoms with Gasteiger partial charge in [0.05, 0.1) is 0 Å². The molecule has 0 amide bonds. The highest BCUT2D eigenvalue weighted by molar-refractivity contribution is 6.89. The fraction of sp³-hybridized carbons (Fsp3) is 0.191. The monoisotopic (exact) mass is 614 g/mol. The molecular formula is C47H39B. The summed E-state index contributed by atoms with van der Waals surface area (Å²) in [5, 5.41) is 10.8. The fourth-order valence-electron chi connectivity index (χ4n) is 11.0. The second-order valence-electron chi connectivity index (χ2n) is 16.1. The molecule has 1 aliphatic heterocycles. The predicted molar refractivity (Wildman–Crippen MR) is 209 cm³/mol. The maximum atomic E-state index is 2.59. The third-order valence-corrected chi connectivity index (χ3v) is 12.7. The van der Waals surface area contributed by atoms with E-state index < -0.39 is 0 Å². The molecule has 1 heterocycles. The van der Waals surface area contributed by atoms with Gasteiger partial charge in [-0.15, -0.1) is 0 Å². The Morgan fingerprint density at radius 1 is 0.479 bits per heavy atom. The van der Waals surface area contributed by atoms with Crippen LogP contribution < -0.4 is 10.9 Å². The van der Waals surface area contributed by atoms with E-state index in [1.54, 1.807) is 5.56 Å². The normalized spacial score (nSPS) is 21.5. The minimum absolute atomic E-state index is 0.111. The van der Waals surface area contributed by atoms with Crippen LogP contribution in [-0.2, 0) is 5.41 Å². The molecule has 0 radical (unpaired) electrons. The minimum atomic E-state index is 0.111. The van der Waals surface area contributed by atoms with E-state index in [0.717, 1.165) is 0 Å². The van der Waals surface area contributed by atoms with Gasteiger partial charge in [0.1, 0.15) is 0 Å². The molecule has 8 aromatic carbocycles. The van der Waals surface area contributed by atoms with Crippen LogP contribution in [0.3, 0.4) is 0 Å². The Bertz CT molecular complexity index is 2570. The second kappa shape index (κ2) is 9.60. The van der Waals surface area contributed by atoms with Gasteiger partial charge in [0, 0.05) is 0 Å². The minimum Gasteiger partial charge on any atom is -0.0735 e. The maximum absolute atomic E-state index is 2.59. The average molecular weight is 615 g/mol. The standard InChI is InChI=1S/C47H39B/c1-45(2)28-46(3)41-27-33(21-26-42(41)48(47(46,4)29-45)34-13-6-5-7-14-34)36-22-17-31-20-25-40-38(23-18-32-19-24-39(36)43(31)44(32)40)37-16-10-12-30-11-8-9-15-35(30)37/h5-27H,28-29H2,1-4H3. The zero-order valence-corrected chi connectivity index (χ0v) is 28.3. The largest absolute Gasteiger partial charge is 0.216 e. The van der Waals surface area contributed by atoms with Crippen molar-refractivity contribution >= 4 is 60.7 Å². The van der Waals surface area contributed by atoms with Crippen molar-refractivity contribution in [3.05, 3.63) is 145 Å². The van der Waals surface area contributed by atoms with E-state index in [0.29, 0.717) is 12.1 Å². The van der Waals surface area contributed by atoms with E-state index in [1.807, 2.05) is 0 Å². The van der Waals surface area contributed by atoms with Crippen molar-refractivity contribution in [1.82, 2.24) is 0 Å². The summed E-state index contributed by atoms with van der Waals surface area (Å²) in [5.41, 5.74) is 10.2. The lowest BCUT2D eigenvalue weighted by Crippen LogP contribution is -2.48. The fourth-order valence-corrected chi connectivity index (χ4v) is 11.0. The molecule has 48 heavy (non-hydrogen) atoms. The number of rotatable bonds is 3. The Morgan fingerprint density at radius 2 is 1.10 bits per heavy atom. The summed E-state index contributed by atoms with van der Waals surface area (Å²) in [7, 11) is 0. The van der Waals surface area contributed by atoms with Crippen LogP contribution in [-0.4, -0.2) is 6.71 Å². The molecule has 0 bridgehead atoms. The SMILES string of the molecule is CC1(C)CC2(C)B(c3ccccc3)c3ccc(-c4ccc5ccc6c(-c7cccc8ccccc78)ccc7ccc4c5c76)cc3C2(C)C1. The first-order chi connectivity index (χ1) is 23.3. The topological polar surface area (TPSA) is 0 Å². The third kappa shape index (κ3) is 3.68. The summed E-state index contributed by atoms with van der Waals surface area (Å²) in [5.74, 6) is 0. The molecule has 0 aromatic heterocycles. The Kier molecular flexibility index (Phi) is 5.64. The van der Waals surface area contributed by atoms with Crippen LogP contribution in [0.5, 0.6) is 0 Å². The van der Waals surface area contributed by atoms with Crippen LogP contribution in [0.25, 0.3) is 65.3 Å². The van der Waals surface area contributed by atoms with Gasteiger partial charge < -0.3 is 0 Å². The highest BCUT2D eigenvalue weighted by Crippen LogP contribution is 2.69. The van der Waals surface area contributed by atoms with Crippen molar-refractivity contribution in [2.45, 2.75) is 51.3 Å². The Hall–Kier alpha value is -4.88. The first-order valence-corrected chi connectivity index (χ1v) is 17.6. The molecule has 1 heteroatoms. The van der Waals surface area contributed by atoms with Crippen LogP contribution in [0.2, 0.25) is 5.31 Å². The van der Waals surface area contributed by atoms with Gasteiger partial charge in [0.25, 0.3) is 0 Å². The van der Waals surface area contributed by atoms with E-state index in [-0.39, 0.29) is 10.7 Å². The predicted octanol–water partition coefficient (Wildman–Crippen LogP) is 11.5. The van der Waals surface area contributed by atoms with Crippen molar-refractivity contribution in [2.24, 2.45) is 5.41 Å². The van der Waals surface area contributed by atoms with Gasteiger partial charge in [0.2, 0.25) is 6.71 Å². The Morgan fingerprint density at radius 3 is 1.88 bits per heavy atom. The van der Waals surface area contributed by atoms with Crippen LogP contribution in [0.15, 0.2) is 140 Å². The van der Waals surface area contributed by atoms with E-state index in [2.05, 4.69) is 167 Å². The lowest BCUT2D eigenvalue weighted by atomic mass is 9.28. The molecule has 0 spiro atoms. The Balaban J connectivity index is 1.20.